The van der Waals surface area contributed by atoms with E-state index in [1.165, 1.54) is 0 Å². The molecule has 0 heterocycles. The number of ether oxygens (including phenoxy) is 2. The maximum atomic E-state index is 6.08. The van der Waals surface area contributed by atoms with Crippen LogP contribution in [0.25, 0.3) is 0 Å². The first kappa shape index (κ1) is 13.3. The maximum absolute atomic E-state index is 6.08. The molecule has 0 fully saturated rings. The van der Waals surface area contributed by atoms with Crippen molar-refractivity contribution in [2.75, 3.05) is 20.3 Å². The molecule has 4 heteroatoms. The summed E-state index contributed by atoms with van der Waals surface area (Å²) < 4.78 is 10.7. The fourth-order valence-electron chi connectivity index (χ4n) is 1.50. The predicted molar refractivity (Wildman–Crippen MR) is 66.3 cm³/mol. The lowest BCUT2D eigenvalue weighted by Crippen LogP contribution is -2.31. The molecule has 0 aliphatic rings. The molecule has 1 aromatic rings. The van der Waals surface area contributed by atoms with Gasteiger partial charge in [-0.2, -0.15) is 0 Å². The number of methoxy groups -OCH3 is 1. The van der Waals surface area contributed by atoms with Crippen molar-refractivity contribution in [2.24, 2.45) is 5.73 Å². The molecule has 0 aliphatic heterocycles. The first-order chi connectivity index (χ1) is 7.58. The molecule has 1 atom stereocenters. The van der Waals surface area contributed by atoms with E-state index in [1.54, 1.807) is 7.11 Å². The normalized spacial score (nSPS) is 12.6. The van der Waals surface area contributed by atoms with Crippen molar-refractivity contribution in [3.05, 3.63) is 28.3 Å². The fraction of sp³-hybridized carbons (Fsp3) is 0.500. The van der Waals surface area contributed by atoms with Crippen molar-refractivity contribution in [1.82, 2.24) is 0 Å². The van der Waals surface area contributed by atoms with Crippen LogP contribution < -0.4 is 10.5 Å². The molecule has 0 aromatic heterocycles. The third-order valence-corrected chi connectivity index (χ3v) is 2.92. The first-order valence-corrected chi connectivity index (χ1v) is 5.58. The summed E-state index contributed by atoms with van der Waals surface area (Å²) in [6.07, 6.45) is -0.120. The van der Waals surface area contributed by atoms with E-state index in [9.17, 15) is 0 Å². The topological polar surface area (TPSA) is 44.5 Å². The fourth-order valence-corrected chi connectivity index (χ4v) is 1.61. The van der Waals surface area contributed by atoms with E-state index in [4.69, 9.17) is 26.8 Å². The number of hydrogen-bond acceptors (Lipinski definition) is 3. The van der Waals surface area contributed by atoms with Gasteiger partial charge >= 0.3 is 0 Å². The van der Waals surface area contributed by atoms with Crippen LogP contribution in [0.4, 0.5) is 0 Å². The van der Waals surface area contributed by atoms with Crippen LogP contribution in [0.15, 0.2) is 12.1 Å². The zero-order valence-electron chi connectivity index (χ0n) is 9.92. The maximum Gasteiger partial charge on any atom is 0.134 e. The lowest BCUT2D eigenvalue weighted by molar-refractivity contribution is 0.0860. The highest BCUT2D eigenvalue weighted by Gasteiger charge is 2.10. The van der Waals surface area contributed by atoms with Crippen LogP contribution in [0, 0.1) is 13.8 Å². The number of benzene rings is 1. The largest absolute Gasteiger partial charge is 0.487 e. The summed E-state index contributed by atoms with van der Waals surface area (Å²) in [5.41, 5.74) is 7.59. The van der Waals surface area contributed by atoms with Gasteiger partial charge in [0.25, 0.3) is 0 Å². The molecule has 1 rings (SSSR count). The van der Waals surface area contributed by atoms with Crippen molar-refractivity contribution >= 4 is 11.6 Å². The summed E-state index contributed by atoms with van der Waals surface area (Å²) in [6, 6.07) is 3.82. The lowest BCUT2D eigenvalue weighted by Gasteiger charge is -2.17. The Bertz CT molecular complexity index is 332. The van der Waals surface area contributed by atoms with Gasteiger partial charge < -0.3 is 15.2 Å². The zero-order valence-corrected chi connectivity index (χ0v) is 10.7. The minimum absolute atomic E-state index is 0.120. The lowest BCUT2D eigenvalue weighted by atomic mass is 10.1. The van der Waals surface area contributed by atoms with E-state index in [-0.39, 0.29) is 6.10 Å². The number of nitrogens with two attached hydrogens (primary N) is 1. The van der Waals surface area contributed by atoms with Gasteiger partial charge in [-0.3, -0.25) is 0 Å². The average molecular weight is 244 g/mol. The van der Waals surface area contributed by atoms with Gasteiger partial charge in [0, 0.05) is 18.7 Å². The molecule has 3 nitrogen and oxygen atoms in total. The molecule has 0 radical (unpaired) electrons. The van der Waals surface area contributed by atoms with Gasteiger partial charge in [-0.1, -0.05) is 11.6 Å². The van der Waals surface area contributed by atoms with E-state index in [0.717, 1.165) is 21.9 Å². The number of halogens is 1. The third kappa shape index (κ3) is 3.37. The van der Waals surface area contributed by atoms with E-state index in [1.807, 2.05) is 26.0 Å². The van der Waals surface area contributed by atoms with Crippen LogP contribution in [-0.4, -0.2) is 26.4 Å². The Morgan fingerprint density at radius 3 is 2.31 bits per heavy atom. The third-order valence-electron chi connectivity index (χ3n) is 2.33. The molecule has 1 unspecified atom stereocenters. The summed E-state index contributed by atoms with van der Waals surface area (Å²) >= 11 is 6.08. The zero-order chi connectivity index (χ0) is 12.1. The van der Waals surface area contributed by atoms with Crippen molar-refractivity contribution in [2.45, 2.75) is 20.0 Å². The second-order valence-electron chi connectivity index (χ2n) is 3.80. The highest BCUT2D eigenvalue weighted by Crippen LogP contribution is 2.26. The van der Waals surface area contributed by atoms with Crippen molar-refractivity contribution in [3.8, 4) is 5.75 Å². The van der Waals surface area contributed by atoms with E-state index in [2.05, 4.69) is 0 Å². The highest BCUT2D eigenvalue weighted by atomic mass is 35.5. The van der Waals surface area contributed by atoms with Crippen LogP contribution in [0.1, 0.15) is 11.1 Å². The quantitative estimate of drug-likeness (QED) is 0.863. The molecule has 16 heavy (non-hydrogen) atoms. The number of rotatable bonds is 5. The monoisotopic (exact) mass is 243 g/mol. The predicted octanol–water partition coefficient (Wildman–Crippen LogP) is 2.31. The molecule has 0 saturated carbocycles. The molecule has 0 spiro atoms. The second-order valence-corrected chi connectivity index (χ2v) is 4.18. The Balaban J connectivity index is 2.80. The molecule has 90 valence electrons. The molecule has 1 aromatic carbocycles. The molecular formula is C12H18ClNO2. The van der Waals surface area contributed by atoms with E-state index in [0.29, 0.717) is 13.2 Å². The summed E-state index contributed by atoms with van der Waals surface area (Å²) in [4.78, 5) is 0. The Labute approximate surface area is 101 Å². The Morgan fingerprint density at radius 2 is 1.88 bits per heavy atom. The van der Waals surface area contributed by atoms with Crippen LogP contribution in [0.3, 0.4) is 0 Å². The summed E-state index contributed by atoms with van der Waals surface area (Å²) in [5.74, 6) is 0.784. The van der Waals surface area contributed by atoms with E-state index < -0.39 is 0 Å². The number of aryl methyl sites for hydroxylation is 2. The second kappa shape index (κ2) is 6.09. The highest BCUT2D eigenvalue weighted by molar-refractivity contribution is 6.32. The smallest absolute Gasteiger partial charge is 0.134 e. The van der Waals surface area contributed by atoms with Gasteiger partial charge in [0.2, 0.25) is 0 Å². The standard InChI is InChI=1S/C12H18ClNO2/c1-8-4-10(5-9(2)12(8)13)16-11(6-14)7-15-3/h4-5,11H,6-7,14H2,1-3H3. The Hall–Kier alpha value is -0.770. The first-order valence-electron chi connectivity index (χ1n) is 5.21. The summed E-state index contributed by atoms with van der Waals surface area (Å²) in [7, 11) is 1.63. The molecule has 0 bridgehead atoms. The molecule has 0 aliphatic carbocycles. The van der Waals surface area contributed by atoms with Crippen LogP contribution >= 0.6 is 11.6 Å². The van der Waals surface area contributed by atoms with Crippen molar-refractivity contribution in [3.63, 3.8) is 0 Å². The van der Waals surface area contributed by atoms with Gasteiger partial charge in [-0.05, 0) is 37.1 Å². The summed E-state index contributed by atoms with van der Waals surface area (Å²) in [6.45, 7) is 4.82. The van der Waals surface area contributed by atoms with Crippen molar-refractivity contribution < 1.29 is 9.47 Å². The molecule has 0 saturated heterocycles. The van der Waals surface area contributed by atoms with Gasteiger partial charge in [0.15, 0.2) is 0 Å². The van der Waals surface area contributed by atoms with Gasteiger partial charge in [0.1, 0.15) is 11.9 Å². The van der Waals surface area contributed by atoms with Gasteiger partial charge in [-0.15, -0.1) is 0 Å². The SMILES string of the molecule is COCC(CN)Oc1cc(C)c(Cl)c(C)c1. The van der Waals surface area contributed by atoms with Gasteiger partial charge in [-0.25, -0.2) is 0 Å². The number of hydrogen-bond donors (Lipinski definition) is 1. The van der Waals surface area contributed by atoms with Crippen molar-refractivity contribution in [1.29, 1.82) is 0 Å². The van der Waals surface area contributed by atoms with Crippen LogP contribution in [-0.2, 0) is 4.74 Å². The van der Waals surface area contributed by atoms with Crippen LogP contribution in [0.2, 0.25) is 5.02 Å². The van der Waals surface area contributed by atoms with Crippen LogP contribution in [0.5, 0.6) is 5.75 Å². The molecule has 2 N–H and O–H groups in total. The summed E-state index contributed by atoms with van der Waals surface area (Å²) in [5, 5.41) is 0.781. The molecular weight excluding hydrogens is 226 g/mol. The van der Waals surface area contributed by atoms with E-state index >= 15 is 0 Å². The Kier molecular flexibility index (Phi) is 5.06. The minimum atomic E-state index is -0.120. The average Bonchev–Trinajstić information content (AvgIpc) is 2.25. The van der Waals surface area contributed by atoms with Gasteiger partial charge in [0.05, 0.1) is 6.61 Å². The molecule has 0 amide bonds. The Morgan fingerprint density at radius 1 is 1.31 bits per heavy atom. The minimum Gasteiger partial charge on any atom is -0.487 e.